The fourth-order valence-electron chi connectivity index (χ4n) is 2.08. The summed E-state index contributed by atoms with van der Waals surface area (Å²) in [4.78, 5) is 0. The summed E-state index contributed by atoms with van der Waals surface area (Å²) in [7, 11) is 0. The number of aliphatic hydroxyl groups is 1. The van der Waals surface area contributed by atoms with E-state index in [0.717, 1.165) is 12.8 Å². The van der Waals surface area contributed by atoms with Crippen molar-refractivity contribution in [1.82, 2.24) is 0 Å². The van der Waals surface area contributed by atoms with Gasteiger partial charge in [-0.1, -0.05) is 32.1 Å². The van der Waals surface area contributed by atoms with E-state index in [0.29, 0.717) is 6.54 Å². The zero-order chi connectivity index (χ0) is 8.86. The highest BCUT2D eigenvalue weighted by molar-refractivity contribution is 4.80. The molecule has 2 heteroatoms. The first-order valence-corrected chi connectivity index (χ1v) is 5.14. The molecule has 3 N–H and O–H groups in total. The Kier molecular flexibility index (Phi) is 4.02. The molecule has 0 unspecified atom stereocenters. The molecule has 1 aliphatic rings. The molecule has 0 aliphatic heterocycles. The van der Waals surface area contributed by atoms with Gasteiger partial charge in [-0.05, 0) is 12.8 Å². The maximum atomic E-state index is 9.28. The third kappa shape index (κ3) is 2.46. The van der Waals surface area contributed by atoms with E-state index in [2.05, 4.69) is 0 Å². The van der Waals surface area contributed by atoms with Crippen LogP contribution in [-0.4, -0.2) is 18.3 Å². The van der Waals surface area contributed by atoms with Gasteiger partial charge in [-0.3, -0.25) is 0 Å². The molecule has 0 bridgehead atoms. The Morgan fingerprint density at radius 3 is 1.92 bits per heavy atom. The molecule has 1 aliphatic carbocycles. The highest BCUT2D eigenvalue weighted by Crippen LogP contribution is 2.32. The topological polar surface area (TPSA) is 46.2 Å². The SMILES string of the molecule is NCC1(CO)CCCCCCC1. The van der Waals surface area contributed by atoms with E-state index in [9.17, 15) is 5.11 Å². The number of hydrogen-bond acceptors (Lipinski definition) is 2. The van der Waals surface area contributed by atoms with Crippen molar-refractivity contribution in [1.29, 1.82) is 0 Å². The molecular weight excluding hydrogens is 150 g/mol. The van der Waals surface area contributed by atoms with Crippen LogP contribution in [0.3, 0.4) is 0 Å². The standard InChI is InChI=1S/C10H21NO/c11-8-10(9-12)6-4-2-1-3-5-7-10/h12H,1-9,11H2. The van der Waals surface area contributed by atoms with E-state index >= 15 is 0 Å². The van der Waals surface area contributed by atoms with Gasteiger partial charge in [0.2, 0.25) is 0 Å². The molecule has 2 nitrogen and oxygen atoms in total. The average molecular weight is 171 g/mol. The lowest BCUT2D eigenvalue weighted by Gasteiger charge is -2.32. The molecule has 0 amide bonds. The van der Waals surface area contributed by atoms with Crippen LogP contribution in [-0.2, 0) is 0 Å². The van der Waals surface area contributed by atoms with Crippen LogP contribution in [0.4, 0.5) is 0 Å². The Hall–Kier alpha value is -0.0800. The molecule has 0 saturated heterocycles. The van der Waals surface area contributed by atoms with Crippen molar-refractivity contribution >= 4 is 0 Å². The third-order valence-corrected chi connectivity index (χ3v) is 3.18. The quantitative estimate of drug-likeness (QED) is 0.664. The summed E-state index contributed by atoms with van der Waals surface area (Å²) in [6, 6.07) is 0. The molecule has 1 rings (SSSR count). The summed E-state index contributed by atoms with van der Waals surface area (Å²) in [5, 5.41) is 9.28. The van der Waals surface area contributed by atoms with Crippen LogP contribution >= 0.6 is 0 Å². The van der Waals surface area contributed by atoms with Gasteiger partial charge in [-0.2, -0.15) is 0 Å². The van der Waals surface area contributed by atoms with E-state index in [1.807, 2.05) is 0 Å². The fraction of sp³-hybridized carbons (Fsp3) is 1.00. The van der Waals surface area contributed by atoms with Crippen molar-refractivity contribution in [2.45, 2.75) is 44.9 Å². The Balaban J connectivity index is 2.45. The molecule has 0 aromatic carbocycles. The van der Waals surface area contributed by atoms with E-state index in [-0.39, 0.29) is 12.0 Å². The van der Waals surface area contributed by atoms with Crippen molar-refractivity contribution in [2.24, 2.45) is 11.1 Å². The lowest BCUT2D eigenvalue weighted by molar-refractivity contribution is 0.101. The number of aliphatic hydroxyl groups excluding tert-OH is 1. The molecule has 0 radical (unpaired) electrons. The van der Waals surface area contributed by atoms with Crippen LogP contribution in [0.1, 0.15) is 44.9 Å². The lowest BCUT2D eigenvalue weighted by atomic mass is 9.77. The van der Waals surface area contributed by atoms with Crippen LogP contribution in [0.15, 0.2) is 0 Å². The third-order valence-electron chi connectivity index (χ3n) is 3.18. The van der Waals surface area contributed by atoms with Crippen LogP contribution in [0.2, 0.25) is 0 Å². The minimum absolute atomic E-state index is 0.0699. The Labute approximate surface area is 75.2 Å². The maximum absolute atomic E-state index is 9.28. The summed E-state index contributed by atoms with van der Waals surface area (Å²) in [5.74, 6) is 0. The number of nitrogens with two attached hydrogens (primary N) is 1. The normalized spacial score (nSPS) is 24.5. The molecule has 72 valence electrons. The lowest BCUT2D eigenvalue weighted by Crippen LogP contribution is -2.34. The van der Waals surface area contributed by atoms with Gasteiger partial charge in [0.25, 0.3) is 0 Å². The van der Waals surface area contributed by atoms with E-state index in [4.69, 9.17) is 5.73 Å². The first-order valence-electron chi connectivity index (χ1n) is 5.14. The highest BCUT2D eigenvalue weighted by atomic mass is 16.3. The van der Waals surface area contributed by atoms with Crippen LogP contribution in [0.5, 0.6) is 0 Å². The van der Waals surface area contributed by atoms with E-state index < -0.39 is 0 Å². The second-order valence-corrected chi connectivity index (χ2v) is 4.13. The van der Waals surface area contributed by atoms with Gasteiger partial charge in [-0.25, -0.2) is 0 Å². The minimum Gasteiger partial charge on any atom is -0.396 e. The first kappa shape index (κ1) is 10.0. The molecule has 0 aromatic rings. The molecule has 1 saturated carbocycles. The Bertz CT molecular complexity index is 111. The summed E-state index contributed by atoms with van der Waals surface area (Å²) in [5.41, 5.74) is 5.78. The van der Waals surface area contributed by atoms with Crippen LogP contribution < -0.4 is 5.73 Å². The van der Waals surface area contributed by atoms with Crippen LogP contribution in [0, 0.1) is 5.41 Å². The van der Waals surface area contributed by atoms with E-state index in [1.54, 1.807) is 0 Å². The molecule has 0 atom stereocenters. The van der Waals surface area contributed by atoms with Gasteiger partial charge in [-0.15, -0.1) is 0 Å². The largest absolute Gasteiger partial charge is 0.396 e. The zero-order valence-electron chi connectivity index (χ0n) is 7.89. The molecule has 12 heavy (non-hydrogen) atoms. The summed E-state index contributed by atoms with van der Waals surface area (Å²) in [6.07, 6.45) is 8.76. The Morgan fingerprint density at radius 1 is 1.00 bits per heavy atom. The van der Waals surface area contributed by atoms with Gasteiger partial charge in [0, 0.05) is 18.6 Å². The second-order valence-electron chi connectivity index (χ2n) is 4.13. The van der Waals surface area contributed by atoms with Crippen molar-refractivity contribution in [2.75, 3.05) is 13.2 Å². The number of rotatable bonds is 2. The van der Waals surface area contributed by atoms with Crippen molar-refractivity contribution < 1.29 is 5.11 Å². The molecule has 0 spiro atoms. The van der Waals surface area contributed by atoms with Crippen molar-refractivity contribution in [3.8, 4) is 0 Å². The van der Waals surface area contributed by atoms with Crippen LogP contribution in [0.25, 0.3) is 0 Å². The fourth-order valence-corrected chi connectivity index (χ4v) is 2.08. The monoisotopic (exact) mass is 171 g/mol. The van der Waals surface area contributed by atoms with Gasteiger partial charge >= 0.3 is 0 Å². The van der Waals surface area contributed by atoms with Gasteiger partial charge < -0.3 is 10.8 Å². The summed E-state index contributed by atoms with van der Waals surface area (Å²) < 4.78 is 0. The van der Waals surface area contributed by atoms with Crippen molar-refractivity contribution in [3.63, 3.8) is 0 Å². The molecule has 0 aromatic heterocycles. The number of hydrogen-bond donors (Lipinski definition) is 2. The smallest absolute Gasteiger partial charge is 0.0499 e. The summed E-state index contributed by atoms with van der Waals surface area (Å²) >= 11 is 0. The predicted octanol–water partition coefficient (Wildman–Crippen LogP) is 1.67. The van der Waals surface area contributed by atoms with Gasteiger partial charge in [0.05, 0.1) is 0 Å². The predicted molar refractivity (Wildman–Crippen MR) is 50.9 cm³/mol. The first-order chi connectivity index (χ1) is 5.83. The van der Waals surface area contributed by atoms with Crippen molar-refractivity contribution in [3.05, 3.63) is 0 Å². The average Bonchev–Trinajstić information content (AvgIpc) is 2.06. The zero-order valence-corrected chi connectivity index (χ0v) is 7.89. The molecule has 1 fully saturated rings. The molecular formula is C10H21NO. The summed E-state index contributed by atoms with van der Waals surface area (Å²) in [6.45, 7) is 0.938. The highest BCUT2D eigenvalue weighted by Gasteiger charge is 2.27. The van der Waals surface area contributed by atoms with E-state index in [1.165, 1.54) is 32.1 Å². The Morgan fingerprint density at radius 2 is 1.50 bits per heavy atom. The maximum Gasteiger partial charge on any atom is 0.0499 e. The minimum atomic E-state index is 0.0699. The molecule has 0 heterocycles. The second kappa shape index (κ2) is 4.83. The van der Waals surface area contributed by atoms with Gasteiger partial charge in [0.15, 0.2) is 0 Å². The van der Waals surface area contributed by atoms with Gasteiger partial charge in [0.1, 0.15) is 0 Å².